The zero-order valence-electron chi connectivity index (χ0n) is 17.3. The van der Waals surface area contributed by atoms with E-state index in [2.05, 4.69) is 10.2 Å². The molecule has 0 unspecified atom stereocenters. The molecule has 0 bridgehead atoms. The van der Waals surface area contributed by atoms with Gasteiger partial charge in [-0.3, -0.25) is 9.69 Å². The number of benzene rings is 1. The number of anilines is 1. The minimum absolute atomic E-state index is 0. The van der Waals surface area contributed by atoms with Crippen LogP contribution in [0.2, 0.25) is 5.02 Å². The Labute approximate surface area is 199 Å². The number of halogens is 5. The summed E-state index contributed by atoms with van der Waals surface area (Å²) < 4.78 is 27.6. The fourth-order valence-electron chi connectivity index (χ4n) is 4.28. The summed E-state index contributed by atoms with van der Waals surface area (Å²) in [6.45, 7) is 4.08. The summed E-state index contributed by atoms with van der Waals surface area (Å²) in [5, 5.41) is 11.1. The lowest BCUT2D eigenvalue weighted by molar-refractivity contribution is -0.121. The fourth-order valence-corrected chi connectivity index (χ4v) is 4.44. The van der Waals surface area contributed by atoms with E-state index in [1.54, 1.807) is 0 Å². The smallest absolute Gasteiger partial charge is 0.234 e. The van der Waals surface area contributed by atoms with Crippen LogP contribution in [0, 0.1) is 28.9 Å². The zero-order valence-corrected chi connectivity index (χ0v) is 19.7. The Kier molecular flexibility index (Phi) is 11.9. The lowest BCUT2D eigenvalue weighted by Crippen LogP contribution is -2.47. The summed E-state index contributed by atoms with van der Waals surface area (Å²) in [6, 6.07) is 4.75. The van der Waals surface area contributed by atoms with E-state index >= 15 is 0 Å². The maximum atomic E-state index is 14.2. The summed E-state index contributed by atoms with van der Waals surface area (Å²) in [4.78, 5) is 15.8. The van der Waals surface area contributed by atoms with Crippen molar-refractivity contribution in [3.63, 3.8) is 0 Å². The van der Waals surface area contributed by atoms with Crippen molar-refractivity contribution in [2.24, 2.45) is 5.92 Å². The molecule has 1 heterocycles. The quantitative estimate of drug-likeness (QED) is 0.585. The first-order valence-electron chi connectivity index (χ1n) is 10.2. The molecule has 174 valence electrons. The van der Waals surface area contributed by atoms with Crippen LogP contribution in [0.25, 0.3) is 0 Å². The Morgan fingerprint density at radius 2 is 1.77 bits per heavy atom. The largest absolute Gasteiger partial charge is 0.367 e. The normalized spacial score (nSPS) is 21.4. The van der Waals surface area contributed by atoms with E-state index in [4.69, 9.17) is 16.9 Å². The van der Waals surface area contributed by atoms with Crippen LogP contribution < -0.4 is 10.2 Å². The lowest BCUT2D eigenvalue weighted by atomic mass is 9.84. The molecule has 1 aromatic rings. The molecule has 1 aromatic carbocycles. The van der Waals surface area contributed by atoms with E-state index in [1.165, 1.54) is 12.1 Å². The van der Waals surface area contributed by atoms with E-state index in [-0.39, 0.29) is 43.2 Å². The van der Waals surface area contributed by atoms with Gasteiger partial charge in [0.25, 0.3) is 0 Å². The van der Waals surface area contributed by atoms with Crippen molar-refractivity contribution < 1.29 is 13.6 Å². The highest BCUT2D eigenvalue weighted by Crippen LogP contribution is 2.30. The highest BCUT2D eigenvalue weighted by atomic mass is 35.5. The Morgan fingerprint density at radius 3 is 2.39 bits per heavy atom. The van der Waals surface area contributed by atoms with Gasteiger partial charge in [-0.2, -0.15) is 5.26 Å². The van der Waals surface area contributed by atoms with Gasteiger partial charge in [-0.1, -0.05) is 11.6 Å². The molecule has 1 N–H and O–H groups in total. The summed E-state index contributed by atoms with van der Waals surface area (Å²) in [6.07, 6.45) is 5.18. The molecule has 0 atom stereocenters. The number of nitriles is 1. The molecule has 1 aliphatic heterocycles. The maximum absolute atomic E-state index is 14.2. The molecule has 3 rings (SSSR count). The second-order valence-corrected chi connectivity index (χ2v) is 8.31. The third-order valence-corrected chi connectivity index (χ3v) is 6.38. The first-order chi connectivity index (χ1) is 14.0. The number of nitrogens with zero attached hydrogens (tertiary/aromatic N) is 3. The predicted octanol–water partition coefficient (Wildman–Crippen LogP) is 4.56. The van der Waals surface area contributed by atoms with Crippen LogP contribution in [0.1, 0.15) is 38.5 Å². The van der Waals surface area contributed by atoms with Gasteiger partial charge in [-0.25, -0.2) is 8.78 Å². The third kappa shape index (κ3) is 7.64. The number of hydrogen-bond acceptors (Lipinski definition) is 4. The van der Waals surface area contributed by atoms with E-state index < -0.39 is 16.7 Å². The molecular weight excluding hydrogens is 469 g/mol. The SMILES string of the molecule is Cl.Cl.N#CCC(=O)NC1CCC(CCN2CCN(c3ccc(F)c(Cl)c3F)CC2)CC1. The number of carbonyl (C=O) groups excluding carboxylic acids is 1. The van der Waals surface area contributed by atoms with Crippen molar-refractivity contribution in [2.75, 3.05) is 37.6 Å². The first kappa shape index (κ1) is 27.7. The van der Waals surface area contributed by atoms with E-state index in [1.807, 2.05) is 11.0 Å². The number of rotatable bonds is 6. The molecule has 10 heteroatoms. The first-order valence-corrected chi connectivity index (χ1v) is 10.6. The van der Waals surface area contributed by atoms with E-state index in [0.717, 1.165) is 51.7 Å². The van der Waals surface area contributed by atoms with Gasteiger partial charge in [0, 0.05) is 32.2 Å². The van der Waals surface area contributed by atoms with Crippen LogP contribution in [0.3, 0.4) is 0 Å². The minimum atomic E-state index is -0.731. The van der Waals surface area contributed by atoms with Gasteiger partial charge in [-0.05, 0) is 56.7 Å². The van der Waals surface area contributed by atoms with Crippen LogP contribution in [0.5, 0.6) is 0 Å². The summed E-state index contributed by atoms with van der Waals surface area (Å²) >= 11 is 5.70. The average molecular weight is 498 g/mol. The lowest BCUT2D eigenvalue weighted by Gasteiger charge is -2.37. The molecule has 5 nitrogen and oxygen atoms in total. The van der Waals surface area contributed by atoms with Gasteiger partial charge < -0.3 is 10.2 Å². The molecule has 0 radical (unpaired) electrons. The average Bonchev–Trinajstić information content (AvgIpc) is 2.72. The van der Waals surface area contributed by atoms with Crippen LogP contribution in [0.15, 0.2) is 12.1 Å². The second kappa shape index (κ2) is 13.3. The number of nitrogens with one attached hydrogen (secondary N) is 1. The van der Waals surface area contributed by atoms with Crippen molar-refractivity contribution >= 4 is 48.0 Å². The van der Waals surface area contributed by atoms with Crippen molar-refractivity contribution in [2.45, 2.75) is 44.6 Å². The molecular formula is C21H29Cl3F2N4O. The molecule has 2 fully saturated rings. The molecule has 1 saturated carbocycles. The van der Waals surface area contributed by atoms with Crippen LogP contribution in [-0.4, -0.2) is 49.6 Å². The van der Waals surface area contributed by atoms with Crippen molar-refractivity contribution in [1.29, 1.82) is 5.26 Å². The Hall–Kier alpha value is -1.33. The molecule has 1 saturated heterocycles. The molecule has 0 spiro atoms. The number of piperazine rings is 1. The third-order valence-electron chi connectivity index (χ3n) is 6.03. The van der Waals surface area contributed by atoms with Crippen molar-refractivity contribution in [3.05, 3.63) is 28.8 Å². The van der Waals surface area contributed by atoms with Gasteiger partial charge in [-0.15, -0.1) is 24.8 Å². The van der Waals surface area contributed by atoms with Crippen LogP contribution in [0.4, 0.5) is 14.5 Å². The Balaban J connectivity index is 0.00000240. The van der Waals surface area contributed by atoms with Gasteiger partial charge in [0.1, 0.15) is 17.3 Å². The number of amides is 1. The molecule has 1 aliphatic carbocycles. The maximum Gasteiger partial charge on any atom is 0.234 e. The van der Waals surface area contributed by atoms with E-state index in [9.17, 15) is 13.6 Å². The standard InChI is InChI=1S/C21H27ClF2N4O.2ClH/c22-20-17(23)5-6-18(21(20)24)28-13-11-27(12-14-28)10-8-15-1-3-16(4-2-15)26-19(29)7-9-25;;/h5-6,15-16H,1-4,7-8,10-14H2,(H,26,29);2*1H. The number of carbonyl (C=O) groups is 1. The highest BCUT2D eigenvalue weighted by molar-refractivity contribution is 6.31. The topological polar surface area (TPSA) is 59.4 Å². The predicted molar refractivity (Wildman–Crippen MR) is 123 cm³/mol. The Morgan fingerprint density at radius 1 is 1.13 bits per heavy atom. The highest BCUT2D eigenvalue weighted by Gasteiger charge is 2.25. The van der Waals surface area contributed by atoms with Crippen LogP contribution in [-0.2, 0) is 4.79 Å². The van der Waals surface area contributed by atoms with Crippen LogP contribution >= 0.6 is 36.4 Å². The monoisotopic (exact) mass is 496 g/mol. The summed E-state index contributed by atoms with van der Waals surface area (Å²) in [7, 11) is 0. The van der Waals surface area contributed by atoms with Gasteiger partial charge in [0.15, 0.2) is 5.82 Å². The fraction of sp³-hybridized carbons (Fsp3) is 0.619. The van der Waals surface area contributed by atoms with Gasteiger partial charge in [0.2, 0.25) is 5.91 Å². The molecule has 0 aromatic heterocycles. The molecule has 2 aliphatic rings. The second-order valence-electron chi connectivity index (χ2n) is 7.93. The van der Waals surface area contributed by atoms with E-state index in [0.29, 0.717) is 24.7 Å². The summed E-state index contributed by atoms with van der Waals surface area (Å²) in [5.74, 6) is -0.928. The number of hydrogen-bond donors (Lipinski definition) is 1. The van der Waals surface area contributed by atoms with Gasteiger partial charge >= 0.3 is 0 Å². The molecule has 31 heavy (non-hydrogen) atoms. The minimum Gasteiger partial charge on any atom is -0.367 e. The van der Waals surface area contributed by atoms with Gasteiger partial charge in [0.05, 0.1) is 11.8 Å². The van der Waals surface area contributed by atoms with Crippen molar-refractivity contribution in [3.8, 4) is 6.07 Å². The van der Waals surface area contributed by atoms with Crippen molar-refractivity contribution in [1.82, 2.24) is 10.2 Å². The Bertz CT molecular complexity index is 762. The summed E-state index contributed by atoms with van der Waals surface area (Å²) in [5.41, 5.74) is 0.368. The molecule has 1 amide bonds. The zero-order chi connectivity index (χ0) is 20.8.